The molecular weight excluding hydrogens is 366 g/mol. The van der Waals surface area contributed by atoms with Crippen LogP contribution in [-0.4, -0.2) is 46.6 Å². The first-order chi connectivity index (χ1) is 14.2. The Morgan fingerprint density at radius 1 is 1.07 bits per heavy atom. The fraction of sp³-hybridized carbons (Fsp3) is 0.826. The summed E-state index contributed by atoms with van der Waals surface area (Å²) < 4.78 is 5.10. The van der Waals surface area contributed by atoms with Crippen molar-refractivity contribution in [1.29, 1.82) is 0 Å². The summed E-state index contributed by atoms with van der Waals surface area (Å²) in [6.07, 6.45) is 16.8. The van der Waals surface area contributed by atoms with Gasteiger partial charge in [0.2, 0.25) is 0 Å². The Labute approximate surface area is 174 Å². The van der Waals surface area contributed by atoms with Crippen molar-refractivity contribution in [2.45, 2.75) is 88.7 Å². The van der Waals surface area contributed by atoms with Gasteiger partial charge in [0.25, 0.3) is 5.91 Å². The van der Waals surface area contributed by atoms with Crippen LogP contribution in [-0.2, 0) is 10.4 Å². The minimum Gasteiger partial charge on any atom is -0.451 e. The van der Waals surface area contributed by atoms with E-state index in [1.807, 2.05) is 0 Å². The molecule has 6 heteroatoms. The second kappa shape index (κ2) is 9.61. The van der Waals surface area contributed by atoms with E-state index in [1.54, 1.807) is 0 Å². The van der Waals surface area contributed by atoms with Gasteiger partial charge < -0.3 is 19.7 Å². The SMILES string of the molecule is O=C(NC1CCN(CC2CCCCCC2)CC1)C(O)(c1cocn1)C1CCCC1. The van der Waals surface area contributed by atoms with Gasteiger partial charge in [0, 0.05) is 31.6 Å². The Bertz CT molecular complexity index is 628. The summed E-state index contributed by atoms with van der Waals surface area (Å²) in [5.41, 5.74) is -1.21. The van der Waals surface area contributed by atoms with Crippen molar-refractivity contribution in [2.75, 3.05) is 19.6 Å². The Kier molecular flexibility index (Phi) is 6.91. The fourth-order valence-electron chi connectivity index (χ4n) is 5.72. The Hall–Kier alpha value is -1.40. The van der Waals surface area contributed by atoms with Gasteiger partial charge in [-0.2, -0.15) is 0 Å². The molecule has 1 amide bonds. The van der Waals surface area contributed by atoms with Crippen molar-refractivity contribution in [3.8, 4) is 0 Å². The van der Waals surface area contributed by atoms with Gasteiger partial charge in [-0.25, -0.2) is 4.98 Å². The van der Waals surface area contributed by atoms with E-state index in [1.165, 1.54) is 57.7 Å². The molecule has 1 aromatic heterocycles. The molecule has 2 aliphatic carbocycles. The zero-order valence-electron chi connectivity index (χ0n) is 17.7. The zero-order chi connectivity index (χ0) is 20.1. The Morgan fingerprint density at radius 2 is 1.72 bits per heavy atom. The number of likely N-dealkylation sites (tertiary alicyclic amines) is 1. The standard InChI is InChI=1S/C23H37N3O3/c27-22(23(28,19-9-5-6-10-19)21-16-29-17-24-21)25-20-11-13-26(14-12-20)15-18-7-3-1-2-4-8-18/h16-20,28H,1-15H2,(H,25,27). The lowest BCUT2D eigenvalue weighted by Gasteiger charge is -2.37. The number of hydrogen-bond donors (Lipinski definition) is 2. The smallest absolute Gasteiger partial charge is 0.258 e. The first-order valence-corrected chi connectivity index (χ1v) is 11.8. The van der Waals surface area contributed by atoms with Crippen LogP contribution in [0.4, 0.5) is 0 Å². The van der Waals surface area contributed by atoms with E-state index in [4.69, 9.17) is 4.42 Å². The predicted molar refractivity (Wildman–Crippen MR) is 111 cm³/mol. The highest BCUT2D eigenvalue weighted by Crippen LogP contribution is 2.40. The molecule has 4 rings (SSSR count). The zero-order valence-corrected chi connectivity index (χ0v) is 17.7. The number of carbonyl (C=O) groups is 1. The lowest BCUT2D eigenvalue weighted by atomic mass is 9.82. The van der Waals surface area contributed by atoms with Gasteiger partial charge >= 0.3 is 0 Å². The summed E-state index contributed by atoms with van der Waals surface area (Å²) in [7, 11) is 0. The predicted octanol–water partition coefficient (Wildman–Crippen LogP) is 3.60. The molecule has 0 bridgehead atoms. The third-order valence-corrected chi connectivity index (χ3v) is 7.53. The van der Waals surface area contributed by atoms with Crippen LogP contribution in [0.3, 0.4) is 0 Å². The maximum Gasteiger partial charge on any atom is 0.258 e. The molecule has 1 saturated heterocycles. The summed E-state index contributed by atoms with van der Waals surface area (Å²) >= 11 is 0. The monoisotopic (exact) mass is 403 g/mol. The lowest BCUT2D eigenvalue weighted by molar-refractivity contribution is -0.149. The molecule has 29 heavy (non-hydrogen) atoms. The van der Waals surface area contributed by atoms with Crippen LogP contribution in [0.15, 0.2) is 17.1 Å². The highest BCUT2D eigenvalue weighted by Gasteiger charge is 2.49. The van der Waals surface area contributed by atoms with E-state index in [0.717, 1.165) is 57.5 Å². The average Bonchev–Trinajstić information content (AvgIpc) is 3.41. The molecule has 1 atom stereocenters. The van der Waals surface area contributed by atoms with E-state index in [9.17, 15) is 9.90 Å². The summed E-state index contributed by atoms with van der Waals surface area (Å²) in [5, 5.41) is 14.6. The largest absolute Gasteiger partial charge is 0.451 e. The van der Waals surface area contributed by atoms with Crippen molar-refractivity contribution in [3.63, 3.8) is 0 Å². The molecule has 2 saturated carbocycles. The van der Waals surface area contributed by atoms with Gasteiger partial charge in [-0.15, -0.1) is 0 Å². The summed E-state index contributed by atoms with van der Waals surface area (Å²) in [4.78, 5) is 19.9. The van der Waals surface area contributed by atoms with Gasteiger partial charge in [0.15, 0.2) is 12.0 Å². The van der Waals surface area contributed by atoms with Crippen LogP contribution in [0.2, 0.25) is 0 Å². The maximum atomic E-state index is 13.2. The summed E-state index contributed by atoms with van der Waals surface area (Å²) in [6.45, 7) is 3.28. The average molecular weight is 404 g/mol. The minimum atomic E-state index is -1.57. The molecular formula is C23H37N3O3. The van der Waals surface area contributed by atoms with E-state index >= 15 is 0 Å². The number of aromatic nitrogens is 1. The second-order valence-corrected chi connectivity index (χ2v) is 9.53. The first-order valence-electron chi connectivity index (χ1n) is 11.8. The highest BCUT2D eigenvalue weighted by molar-refractivity contribution is 5.86. The van der Waals surface area contributed by atoms with Gasteiger partial charge in [-0.1, -0.05) is 38.5 Å². The fourth-order valence-corrected chi connectivity index (χ4v) is 5.72. The van der Waals surface area contributed by atoms with Gasteiger partial charge in [0.1, 0.15) is 12.0 Å². The first kappa shape index (κ1) is 20.9. The molecule has 1 aliphatic heterocycles. The lowest BCUT2D eigenvalue weighted by Crippen LogP contribution is -2.54. The van der Waals surface area contributed by atoms with Crippen LogP contribution in [0.25, 0.3) is 0 Å². The topological polar surface area (TPSA) is 78.6 Å². The minimum absolute atomic E-state index is 0.0806. The number of oxazole rings is 1. The van der Waals surface area contributed by atoms with Gasteiger partial charge in [-0.3, -0.25) is 4.79 Å². The second-order valence-electron chi connectivity index (χ2n) is 9.53. The third kappa shape index (κ3) is 4.85. The Morgan fingerprint density at radius 3 is 2.34 bits per heavy atom. The van der Waals surface area contributed by atoms with Crippen LogP contribution in [0.5, 0.6) is 0 Å². The molecule has 1 unspecified atom stereocenters. The van der Waals surface area contributed by atoms with Crippen LogP contribution in [0.1, 0.15) is 82.7 Å². The van der Waals surface area contributed by atoms with Gasteiger partial charge in [-0.05, 0) is 44.4 Å². The van der Waals surface area contributed by atoms with E-state index in [0.29, 0.717) is 5.69 Å². The molecule has 0 spiro atoms. The number of aliphatic hydroxyl groups is 1. The summed E-state index contributed by atoms with van der Waals surface area (Å²) in [6, 6.07) is 0.132. The Balaban J connectivity index is 1.31. The van der Waals surface area contributed by atoms with Crippen molar-refractivity contribution >= 4 is 5.91 Å². The van der Waals surface area contributed by atoms with Crippen LogP contribution < -0.4 is 5.32 Å². The normalized spacial score (nSPS) is 25.6. The number of rotatable bonds is 6. The molecule has 0 radical (unpaired) electrons. The van der Waals surface area contributed by atoms with E-state index < -0.39 is 5.60 Å². The number of piperidine rings is 1. The van der Waals surface area contributed by atoms with Crippen LogP contribution in [0, 0.1) is 11.8 Å². The maximum absolute atomic E-state index is 13.2. The van der Waals surface area contributed by atoms with Crippen molar-refractivity contribution < 1.29 is 14.3 Å². The van der Waals surface area contributed by atoms with E-state index in [2.05, 4.69) is 15.2 Å². The molecule has 2 N–H and O–H groups in total. The number of nitrogens with zero attached hydrogens (tertiary/aromatic N) is 2. The number of amides is 1. The third-order valence-electron chi connectivity index (χ3n) is 7.53. The molecule has 3 fully saturated rings. The number of carbonyl (C=O) groups excluding carboxylic acids is 1. The highest BCUT2D eigenvalue weighted by atomic mass is 16.3. The summed E-state index contributed by atoms with van der Waals surface area (Å²) in [5.74, 6) is 0.478. The number of nitrogens with one attached hydrogen (secondary N) is 1. The number of hydrogen-bond acceptors (Lipinski definition) is 5. The molecule has 2 heterocycles. The molecule has 0 aromatic carbocycles. The quantitative estimate of drug-likeness (QED) is 0.710. The molecule has 3 aliphatic rings. The van der Waals surface area contributed by atoms with Crippen molar-refractivity contribution in [1.82, 2.24) is 15.2 Å². The van der Waals surface area contributed by atoms with E-state index in [-0.39, 0.29) is 17.9 Å². The molecule has 1 aromatic rings. The van der Waals surface area contributed by atoms with Crippen molar-refractivity contribution in [3.05, 3.63) is 18.4 Å². The van der Waals surface area contributed by atoms with Gasteiger partial charge in [0.05, 0.1) is 0 Å². The van der Waals surface area contributed by atoms with Crippen LogP contribution >= 0.6 is 0 Å². The molecule has 6 nitrogen and oxygen atoms in total. The van der Waals surface area contributed by atoms with Crippen molar-refractivity contribution in [2.24, 2.45) is 11.8 Å². The molecule has 162 valence electrons.